The lowest BCUT2D eigenvalue weighted by Crippen LogP contribution is -2.40. The first kappa shape index (κ1) is 17.3. The summed E-state index contributed by atoms with van der Waals surface area (Å²) in [5, 5.41) is -0.625. The first-order valence-corrected chi connectivity index (χ1v) is 8.89. The van der Waals surface area contributed by atoms with E-state index in [-0.39, 0.29) is 17.5 Å². The van der Waals surface area contributed by atoms with E-state index in [0.29, 0.717) is 6.54 Å². The van der Waals surface area contributed by atoms with Gasteiger partial charge in [0, 0.05) is 28.8 Å². The van der Waals surface area contributed by atoms with Crippen LogP contribution in [-0.4, -0.2) is 21.9 Å². The van der Waals surface area contributed by atoms with Gasteiger partial charge < -0.3 is 4.90 Å². The van der Waals surface area contributed by atoms with Crippen LogP contribution in [0.5, 0.6) is 0 Å². The van der Waals surface area contributed by atoms with E-state index in [1.54, 1.807) is 24.0 Å². The largest absolute Gasteiger partial charge is 0.312 e. The van der Waals surface area contributed by atoms with E-state index in [1.165, 1.54) is 12.1 Å². The third-order valence-electron chi connectivity index (χ3n) is 3.61. The molecule has 3 nitrogen and oxygen atoms in total. The summed E-state index contributed by atoms with van der Waals surface area (Å²) in [6.07, 6.45) is 0. The molecule has 23 heavy (non-hydrogen) atoms. The zero-order valence-corrected chi connectivity index (χ0v) is 14.1. The maximum absolute atomic E-state index is 12.9. The summed E-state index contributed by atoms with van der Waals surface area (Å²) in [6, 6.07) is 15.2. The van der Waals surface area contributed by atoms with E-state index < -0.39 is 16.0 Å². The summed E-state index contributed by atoms with van der Waals surface area (Å²) in [7, 11) is -1.36. The standard InChI is InChI=1S/C18H20FNO2S/c1-3-20(17-7-5-4-6-8-17)18(21)14(2)23(22)13-15-9-11-16(19)12-10-15/h4-12,14H,3,13H2,1-2H3/t14-,23+/m1/s1. The molecule has 2 aromatic rings. The number of halogens is 1. The van der Waals surface area contributed by atoms with Crippen LogP contribution in [0.25, 0.3) is 0 Å². The van der Waals surface area contributed by atoms with Crippen LogP contribution < -0.4 is 4.90 Å². The van der Waals surface area contributed by atoms with Crippen LogP contribution >= 0.6 is 0 Å². The molecule has 0 radical (unpaired) electrons. The summed E-state index contributed by atoms with van der Waals surface area (Å²) in [5.41, 5.74) is 1.55. The molecule has 0 unspecified atom stereocenters. The Morgan fingerprint density at radius 3 is 2.30 bits per heavy atom. The van der Waals surface area contributed by atoms with Gasteiger partial charge in [0.2, 0.25) is 5.91 Å². The van der Waals surface area contributed by atoms with E-state index in [4.69, 9.17) is 0 Å². The molecule has 0 saturated carbocycles. The van der Waals surface area contributed by atoms with Gasteiger partial charge in [0.15, 0.2) is 0 Å². The summed E-state index contributed by atoms with van der Waals surface area (Å²) in [6.45, 7) is 4.08. The van der Waals surface area contributed by atoms with Crippen molar-refractivity contribution in [2.75, 3.05) is 11.4 Å². The number of anilines is 1. The van der Waals surface area contributed by atoms with Crippen LogP contribution in [-0.2, 0) is 21.3 Å². The maximum atomic E-state index is 12.9. The number of carbonyl (C=O) groups excluding carboxylic acids is 1. The SMILES string of the molecule is CCN(C(=O)[C@@H](C)[S@@](=O)Cc1ccc(F)cc1)c1ccccc1. The molecule has 0 spiro atoms. The fourth-order valence-corrected chi connectivity index (χ4v) is 3.40. The Balaban J connectivity index is 2.08. The quantitative estimate of drug-likeness (QED) is 0.811. The van der Waals surface area contributed by atoms with Crippen LogP contribution in [0.15, 0.2) is 54.6 Å². The van der Waals surface area contributed by atoms with Crippen molar-refractivity contribution in [1.29, 1.82) is 0 Å². The molecule has 0 fully saturated rings. The number of hydrogen-bond acceptors (Lipinski definition) is 2. The summed E-state index contributed by atoms with van der Waals surface area (Å²) in [4.78, 5) is 14.3. The van der Waals surface area contributed by atoms with Crippen LogP contribution in [0, 0.1) is 5.82 Å². The van der Waals surface area contributed by atoms with Gasteiger partial charge in [0.05, 0.1) is 0 Å². The molecule has 0 aliphatic carbocycles. The number of amides is 1. The monoisotopic (exact) mass is 333 g/mol. The second kappa shape index (κ2) is 8.02. The average Bonchev–Trinajstić information content (AvgIpc) is 2.57. The molecule has 0 bridgehead atoms. The predicted molar refractivity (Wildman–Crippen MR) is 92.2 cm³/mol. The Morgan fingerprint density at radius 1 is 1.13 bits per heavy atom. The molecule has 0 aliphatic rings. The lowest BCUT2D eigenvalue weighted by Gasteiger charge is -2.24. The van der Waals surface area contributed by atoms with Crippen molar-refractivity contribution in [3.63, 3.8) is 0 Å². The van der Waals surface area contributed by atoms with Gasteiger partial charge in [0.25, 0.3) is 0 Å². The van der Waals surface area contributed by atoms with Gasteiger partial charge >= 0.3 is 0 Å². The highest BCUT2D eigenvalue weighted by molar-refractivity contribution is 7.85. The smallest absolute Gasteiger partial charge is 0.242 e. The highest BCUT2D eigenvalue weighted by Crippen LogP contribution is 2.17. The minimum atomic E-state index is -1.36. The molecule has 1 amide bonds. The number of carbonyl (C=O) groups is 1. The van der Waals surface area contributed by atoms with E-state index in [1.807, 2.05) is 37.3 Å². The highest BCUT2D eigenvalue weighted by atomic mass is 32.2. The zero-order valence-electron chi connectivity index (χ0n) is 13.2. The third kappa shape index (κ3) is 4.48. The van der Waals surface area contributed by atoms with E-state index >= 15 is 0 Å². The Kier molecular flexibility index (Phi) is 6.04. The first-order chi connectivity index (χ1) is 11.0. The van der Waals surface area contributed by atoms with Crippen LogP contribution in [0.1, 0.15) is 19.4 Å². The van der Waals surface area contributed by atoms with Crippen molar-refractivity contribution in [3.05, 3.63) is 66.0 Å². The van der Waals surface area contributed by atoms with E-state index in [0.717, 1.165) is 11.3 Å². The molecule has 0 saturated heterocycles. The zero-order chi connectivity index (χ0) is 16.8. The molecule has 2 aromatic carbocycles. The fraction of sp³-hybridized carbons (Fsp3) is 0.278. The van der Waals surface area contributed by atoms with E-state index in [2.05, 4.69) is 0 Å². The van der Waals surface area contributed by atoms with Gasteiger partial charge in [-0.15, -0.1) is 0 Å². The molecule has 122 valence electrons. The average molecular weight is 333 g/mol. The van der Waals surface area contributed by atoms with Crippen molar-refractivity contribution < 1.29 is 13.4 Å². The Labute approximate surface area is 138 Å². The van der Waals surface area contributed by atoms with Crippen molar-refractivity contribution >= 4 is 22.4 Å². The van der Waals surface area contributed by atoms with Crippen molar-refractivity contribution in [2.24, 2.45) is 0 Å². The molecule has 0 aliphatic heterocycles. The van der Waals surface area contributed by atoms with Crippen LogP contribution in [0.4, 0.5) is 10.1 Å². The Bertz CT molecular complexity index is 673. The third-order valence-corrected chi connectivity index (χ3v) is 5.22. The van der Waals surface area contributed by atoms with Crippen molar-refractivity contribution in [3.8, 4) is 0 Å². The fourth-order valence-electron chi connectivity index (χ4n) is 2.28. The lowest BCUT2D eigenvalue weighted by atomic mass is 10.2. The predicted octanol–water partition coefficient (Wildman–Crippen LogP) is 3.52. The molecule has 2 rings (SSSR count). The summed E-state index contributed by atoms with van der Waals surface area (Å²) >= 11 is 0. The highest BCUT2D eigenvalue weighted by Gasteiger charge is 2.25. The van der Waals surface area contributed by atoms with E-state index in [9.17, 15) is 13.4 Å². The van der Waals surface area contributed by atoms with Gasteiger partial charge in [-0.25, -0.2) is 4.39 Å². The van der Waals surface area contributed by atoms with Crippen LogP contribution in [0.2, 0.25) is 0 Å². The van der Waals surface area contributed by atoms with Crippen LogP contribution in [0.3, 0.4) is 0 Å². The van der Waals surface area contributed by atoms with Gasteiger partial charge in [-0.3, -0.25) is 9.00 Å². The van der Waals surface area contributed by atoms with Crippen molar-refractivity contribution in [2.45, 2.75) is 24.9 Å². The Morgan fingerprint density at radius 2 is 1.74 bits per heavy atom. The number of rotatable bonds is 6. The molecule has 5 heteroatoms. The second-order valence-electron chi connectivity index (χ2n) is 5.21. The molecule has 0 heterocycles. The topological polar surface area (TPSA) is 37.4 Å². The van der Waals surface area contributed by atoms with Crippen molar-refractivity contribution in [1.82, 2.24) is 0 Å². The lowest BCUT2D eigenvalue weighted by molar-refractivity contribution is -0.117. The molecular weight excluding hydrogens is 313 g/mol. The molecular formula is C18H20FNO2S. The number of para-hydroxylation sites is 1. The van der Waals surface area contributed by atoms with Gasteiger partial charge in [-0.05, 0) is 43.7 Å². The minimum absolute atomic E-state index is 0.167. The Hall–Kier alpha value is -2.01. The normalized spacial score (nSPS) is 13.3. The van der Waals surface area contributed by atoms with Gasteiger partial charge in [0.1, 0.15) is 11.1 Å². The van der Waals surface area contributed by atoms with Gasteiger partial charge in [-0.2, -0.15) is 0 Å². The molecule has 0 N–H and O–H groups in total. The second-order valence-corrected chi connectivity index (χ2v) is 6.97. The maximum Gasteiger partial charge on any atom is 0.242 e. The van der Waals surface area contributed by atoms with Gasteiger partial charge in [-0.1, -0.05) is 30.3 Å². The number of nitrogens with zero attached hydrogens (tertiary/aromatic N) is 1. The summed E-state index contributed by atoms with van der Waals surface area (Å²) < 4.78 is 25.4. The number of hydrogen-bond donors (Lipinski definition) is 0. The molecule has 0 aromatic heterocycles. The number of benzene rings is 2. The summed E-state index contributed by atoms with van der Waals surface area (Å²) in [5.74, 6) is -0.261. The first-order valence-electron chi connectivity index (χ1n) is 7.51. The minimum Gasteiger partial charge on any atom is -0.312 e. The molecule has 2 atom stereocenters.